The maximum Gasteiger partial charge on any atom is 0.226 e. The number of nitrogens with zero attached hydrogens (tertiary/aromatic N) is 1. The van der Waals surface area contributed by atoms with Gasteiger partial charge in [-0.25, -0.2) is 0 Å². The van der Waals surface area contributed by atoms with Crippen molar-refractivity contribution < 1.29 is 19.5 Å². The van der Waals surface area contributed by atoms with Crippen molar-refractivity contribution in [3.05, 3.63) is 34.9 Å². The summed E-state index contributed by atoms with van der Waals surface area (Å²) in [5.41, 5.74) is 1.05. The van der Waals surface area contributed by atoms with Crippen molar-refractivity contribution in [3.8, 4) is 0 Å². The van der Waals surface area contributed by atoms with Crippen molar-refractivity contribution in [2.24, 2.45) is 5.92 Å². The first-order chi connectivity index (χ1) is 11.6. The summed E-state index contributed by atoms with van der Waals surface area (Å²) < 4.78 is 5.59. The third-order valence-corrected chi connectivity index (χ3v) is 4.98. The second-order valence-electron chi connectivity index (χ2n) is 6.85. The summed E-state index contributed by atoms with van der Waals surface area (Å²) >= 11 is 5.85. The van der Waals surface area contributed by atoms with Crippen molar-refractivity contribution in [3.63, 3.8) is 0 Å². The van der Waals surface area contributed by atoms with Gasteiger partial charge in [0.25, 0.3) is 0 Å². The first-order valence-electron chi connectivity index (χ1n) is 8.74. The molecule has 2 aliphatic rings. The van der Waals surface area contributed by atoms with Crippen molar-refractivity contribution in [1.29, 1.82) is 0 Å². The van der Waals surface area contributed by atoms with E-state index < -0.39 is 6.10 Å². The third kappa shape index (κ3) is 5.18. The van der Waals surface area contributed by atoms with Crippen molar-refractivity contribution in [2.45, 2.75) is 25.6 Å². The van der Waals surface area contributed by atoms with Crippen LogP contribution in [0.4, 0.5) is 0 Å². The third-order valence-electron chi connectivity index (χ3n) is 4.73. The second-order valence-corrected chi connectivity index (χ2v) is 7.29. The summed E-state index contributed by atoms with van der Waals surface area (Å²) in [6.45, 7) is 4.92. The van der Waals surface area contributed by atoms with Gasteiger partial charge in [0.2, 0.25) is 5.91 Å². The fourth-order valence-corrected chi connectivity index (χ4v) is 3.25. The van der Waals surface area contributed by atoms with Gasteiger partial charge in [0.15, 0.2) is 0 Å². The lowest BCUT2D eigenvalue weighted by Crippen LogP contribution is -3.16. The van der Waals surface area contributed by atoms with E-state index in [9.17, 15) is 9.90 Å². The molecule has 1 heterocycles. The lowest BCUT2D eigenvalue weighted by molar-refractivity contribution is -0.907. The first kappa shape index (κ1) is 17.7. The Bertz CT molecular complexity index is 540. The van der Waals surface area contributed by atoms with Crippen LogP contribution in [-0.4, -0.2) is 61.3 Å². The lowest BCUT2D eigenvalue weighted by Gasteiger charge is -2.33. The molecule has 3 rings (SSSR count). The van der Waals surface area contributed by atoms with Crippen LogP contribution in [0.5, 0.6) is 0 Å². The van der Waals surface area contributed by atoms with Crippen LogP contribution in [0.25, 0.3) is 0 Å². The molecule has 0 spiro atoms. The standard InChI is InChI=1S/C18H25ClN2O3/c19-16-5-1-14(2-6-16)12-24-13-17(22)11-20-7-9-21(10-8-20)18(23)15-3-4-15/h1-2,5-6,15,17,22H,3-4,7-13H2/p+1/t17-/m0/s1. The number of hydrogen-bond donors (Lipinski definition) is 2. The van der Waals surface area contributed by atoms with Crippen LogP contribution in [0.15, 0.2) is 24.3 Å². The van der Waals surface area contributed by atoms with Crippen molar-refractivity contribution in [2.75, 3.05) is 39.3 Å². The highest BCUT2D eigenvalue weighted by Gasteiger charge is 2.35. The van der Waals surface area contributed by atoms with E-state index in [1.807, 2.05) is 29.2 Å². The number of aliphatic hydroxyl groups excluding tert-OH is 1. The molecule has 1 aliphatic carbocycles. The fraction of sp³-hybridized carbons (Fsp3) is 0.611. The van der Waals surface area contributed by atoms with Gasteiger partial charge < -0.3 is 19.6 Å². The Morgan fingerprint density at radius 1 is 1.29 bits per heavy atom. The molecular weight excluding hydrogens is 328 g/mol. The summed E-state index contributed by atoms with van der Waals surface area (Å²) in [6.07, 6.45) is 1.66. The van der Waals surface area contributed by atoms with Crippen LogP contribution >= 0.6 is 11.6 Å². The predicted octanol–water partition coefficient (Wildman–Crippen LogP) is 0.355. The zero-order chi connectivity index (χ0) is 16.9. The van der Waals surface area contributed by atoms with Crippen LogP contribution < -0.4 is 4.90 Å². The predicted molar refractivity (Wildman–Crippen MR) is 92.0 cm³/mol. The van der Waals surface area contributed by atoms with Gasteiger partial charge in [-0.15, -0.1) is 0 Å². The van der Waals surface area contributed by atoms with Crippen LogP contribution in [-0.2, 0) is 16.1 Å². The number of nitrogens with one attached hydrogen (secondary N) is 1. The molecule has 0 unspecified atom stereocenters. The molecule has 2 N–H and O–H groups in total. The number of amides is 1. The second kappa shape index (κ2) is 8.30. The average molecular weight is 354 g/mol. The van der Waals surface area contributed by atoms with Gasteiger partial charge in [-0.3, -0.25) is 4.79 Å². The highest BCUT2D eigenvalue weighted by Crippen LogP contribution is 2.30. The Labute approximate surface area is 148 Å². The number of aliphatic hydroxyl groups is 1. The summed E-state index contributed by atoms with van der Waals surface area (Å²) in [5, 5.41) is 10.9. The Morgan fingerprint density at radius 2 is 1.96 bits per heavy atom. The van der Waals surface area contributed by atoms with Crippen molar-refractivity contribution in [1.82, 2.24) is 4.90 Å². The van der Waals surface area contributed by atoms with E-state index in [1.165, 1.54) is 4.90 Å². The van der Waals surface area contributed by atoms with Gasteiger partial charge in [-0.1, -0.05) is 23.7 Å². The number of quaternary nitrogens is 1. The number of carbonyl (C=O) groups is 1. The Morgan fingerprint density at radius 3 is 2.58 bits per heavy atom. The number of hydrogen-bond acceptors (Lipinski definition) is 3. The van der Waals surface area contributed by atoms with Crippen LogP contribution in [0.2, 0.25) is 5.02 Å². The van der Waals surface area contributed by atoms with Crippen LogP contribution in [0, 0.1) is 5.92 Å². The molecule has 0 bridgehead atoms. The van der Waals surface area contributed by atoms with Gasteiger partial charge in [-0.2, -0.15) is 0 Å². The van der Waals surface area contributed by atoms with Crippen LogP contribution in [0.1, 0.15) is 18.4 Å². The molecule has 1 aliphatic heterocycles. The summed E-state index contributed by atoms with van der Waals surface area (Å²) in [5.74, 6) is 0.638. The molecule has 1 saturated carbocycles. The number of benzene rings is 1. The summed E-state index contributed by atoms with van der Waals surface area (Å²) in [4.78, 5) is 15.4. The number of carbonyl (C=O) groups excluding carboxylic acids is 1. The minimum absolute atomic E-state index is 0.304. The lowest BCUT2D eigenvalue weighted by atomic mass is 10.2. The maximum absolute atomic E-state index is 12.0. The van der Waals surface area contributed by atoms with Crippen molar-refractivity contribution >= 4 is 17.5 Å². The molecule has 0 aromatic heterocycles. The quantitative estimate of drug-likeness (QED) is 0.744. The molecular formula is C18H26ClN2O3+. The average Bonchev–Trinajstić information content (AvgIpc) is 3.42. The summed E-state index contributed by atoms with van der Waals surface area (Å²) in [6, 6.07) is 7.53. The fourth-order valence-electron chi connectivity index (χ4n) is 3.12. The largest absolute Gasteiger partial charge is 0.385 e. The van der Waals surface area contributed by atoms with Gasteiger partial charge in [0.05, 0.1) is 39.4 Å². The number of rotatable bonds is 7. The smallest absolute Gasteiger partial charge is 0.226 e. The highest BCUT2D eigenvalue weighted by molar-refractivity contribution is 6.30. The van der Waals surface area contributed by atoms with E-state index in [0.29, 0.717) is 36.6 Å². The minimum Gasteiger partial charge on any atom is -0.385 e. The maximum atomic E-state index is 12.0. The van der Waals surface area contributed by atoms with Gasteiger partial charge in [0, 0.05) is 10.9 Å². The molecule has 5 nitrogen and oxygen atoms in total. The number of piperazine rings is 1. The Balaban J connectivity index is 1.31. The Kier molecular flexibility index (Phi) is 6.11. The zero-order valence-electron chi connectivity index (χ0n) is 13.9. The van der Waals surface area contributed by atoms with Gasteiger partial charge in [0.1, 0.15) is 12.6 Å². The molecule has 132 valence electrons. The number of ether oxygens (including phenoxy) is 1. The highest BCUT2D eigenvalue weighted by atomic mass is 35.5. The molecule has 1 saturated heterocycles. The van der Waals surface area contributed by atoms with Gasteiger partial charge >= 0.3 is 0 Å². The topological polar surface area (TPSA) is 54.2 Å². The molecule has 6 heteroatoms. The molecule has 1 atom stereocenters. The van der Waals surface area contributed by atoms with Gasteiger partial charge in [-0.05, 0) is 30.5 Å². The number of halogens is 1. The molecule has 2 fully saturated rings. The molecule has 0 radical (unpaired) electrons. The molecule has 1 aromatic rings. The van der Waals surface area contributed by atoms with E-state index in [4.69, 9.17) is 16.3 Å². The van der Waals surface area contributed by atoms with E-state index in [1.54, 1.807) is 0 Å². The Hall–Kier alpha value is -1.14. The van der Waals surface area contributed by atoms with E-state index in [-0.39, 0.29) is 0 Å². The molecule has 1 amide bonds. The zero-order valence-corrected chi connectivity index (χ0v) is 14.7. The monoisotopic (exact) mass is 353 g/mol. The van der Waals surface area contributed by atoms with E-state index >= 15 is 0 Å². The van der Waals surface area contributed by atoms with Crippen LogP contribution in [0.3, 0.4) is 0 Å². The summed E-state index contributed by atoms with van der Waals surface area (Å²) in [7, 11) is 0. The van der Waals surface area contributed by atoms with E-state index in [2.05, 4.69) is 0 Å². The SMILES string of the molecule is O=C(C1CC1)N1CC[NH+](C[C@H](O)COCc2ccc(Cl)cc2)CC1. The van der Waals surface area contributed by atoms with E-state index in [0.717, 1.165) is 44.6 Å². The molecule has 1 aromatic carbocycles. The minimum atomic E-state index is -0.474. The molecule has 24 heavy (non-hydrogen) atoms. The normalized spacial score (nSPS) is 20.2. The first-order valence-corrected chi connectivity index (χ1v) is 9.12.